The molecule has 3 aliphatic rings. The molecular formula is C29H30N4O6. The number of nitrogens with zero attached hydrogens (tertiary/aromatic N) is 3. The van der Waals surface area contributed by atoms with Gasteiger partial charge in [0.1, 0.15) is 11.5 Å². The highest BCUT2D eigenvalue weighted by Crippen LogP contribution is 2.39. The van der Waals surface area contributed by atoms with Crippen molar-refractivity contribution in [1.82, 2.24) is 20.3 Å². The molecule has 1 saturated carbocycles. The van der Waals surface area contributed by atoms with Gasteiger partial charge in [0, 0.05) is 37.7 Å². The van der Waals surface area contributed by atoms with Gasteiger partial charge in [0.2, 0.25) is 11.7 Å². The maximum atomic E-state index is 13.2. The van der Waals surface area contributed by atoms with E-state index < -0.39 is 12.1 Å². The summed E-state index contributed by atoms with van der Waals surface area (Å²) in [6, 6.07) is 14.0. The van der Waals surface area contributed by atoms with E-state index in [0.717, 1.165) is 29.7 Å². The van der Waals surface area contributed by atoms with Gasteiger partial charge in [0.15, 0.2) is 0 Å². The number of nitrogens with one attached hydrogen (secondary N) is 1. The third kappa shape index (κ3) is 5.37. The Morgan fingerprint density at radius 3 is 2.74 bits per heavy atom. The van der Waals surface area contributed by atoms with E-state index in [1.807, 2.05) is 37.3 Å². The van der Waals surface area contributed by atoms with Crippen LogP contribution in [0.4, 0.5) is 0 Å². The molecule has 1 saturated heterocycles. The van der Waals surface area contributed by atoms with Crippen LogP contribution in [0.25, 0.3) is 0 Å². The molecule has 3 aromatic rings. The monoisotopic (exact) mass is 530 g/mol. The zero-order valence-corrected chi connectivity index (χ0v) is 21.9. The minimum absolute atomic E-state index is 0.147. The second-order valence-corrected chi connectivity index (χ2v) is 10.5. The summed E-state index contributed by atoms with van der Waals surface area (Å²) in [6.45, 7) is 2.55. The molecule has 1 aromatic heterocycles. The maximum Gasteiger partial charge on any atom is 0.292 e. The molecule has 2 atom stereocenters. The quantitative estimate of drug-likeness (QED) is 0.541. The highest BCUT2D eigenvalue weighted by molar-refractivity contribution is 5.97. The van der Waals surface area contributed by atoms with Gasteiger partial charge in [-0.05, 0) is 55.2 Å². The van der Waals surface area contributed by atoms with E-state index in [1.54, 1.807) is 30.1 Å². The first kappa shape index (κ1) is 25.1. The third-order valence-electron chi connectivity index (χ3n) is 7.39. The second kappa shape index (κ2) is 10.2. The van der Waals surface area contributed by atoms with E-state index in [0.29, 0.717) is 23.0 Å². The van der Waals surface area contributed by atoms with Crippen LogP contribution in [0, 0.1) is 6.92 Å². The Bertz CT molecular complexity index is 1430. The number of hydrogen-bond donors (Lipinski definition) is 1. The van der Waals surface area contributed by atoms with E-state index in [9.17, 15) is 14.4 Å². The molecule has 1 aliphatic carbocycles. The normalized spacial score (nSPS) is 21.8. The summed E-state index contributed by atoms with van der Waals surface area (Å²) in [5.74, 6) is 0.811. The lowest BCUT2D eigenvalue weighted by Gasteiger charge is -2.23. The lowest BCUT2D eigenvalue weighted by Crippen LogP contribution is -2.48. The van der Waals surface area contributed by atoms with Crippen LogP contribution in [-0.2, 0) is 16.1 Å². The number of carbonyl (C=O) groups excluding carboxylic acids is 3. The molecule has 4 bridgehead atoms. The Hall–Kier alpha value is -4.18. The zero-order valence-electron chi connectivity index (χ0n) is 21.9. The van der Waals surface area contributed by atoms with Crippen LogP contribution in [0.5, 0.6) is 11.5 Å². The summed E-state index contributed by atoms with van der Waals surface area (Å²) >= 11 is 0. The molecule has 0 spiro atoms. The fourth-order valence-corrected chi connectivity index (χ4v) is 5.00. The van der Waals surface area contributed by atoms with Crippen molar-refractivity contribution in [3.05, 3.63) is 76.7 Å². The number of carbonyl (C=O) groups is 3. The summed E-state index contributed by atoms with van der Waals surface area (Å²) in [5.41, 5.74) is 2.99. The van der Waals surface area contributed by atoms with Gasteiger partial charge in [0.05, 0.1) is 31.0 Å². The molecular weight excluding hydrogens is 500 g/mol. The number of likely N-dealkylation sites (N-methyl/N-ethyl adjacent to an activating group) is 1. The van der Waals surface area contributed by atoms with Crippen LogP contribution >= 0.6 is 0 Å². The SMILES string of the molecule is Cc1ccc2cc1Oc1cccc(c1)CO[C@H]1CN(C(=O)c3cc(C4CC4)no3)C[C@@H]1NC(=O)CN(C)C2=O. The van der Waals surface area contributed by atoms with Crippen LogP contribution < -0.4 is 10.1 Å². The van der Waals surface area contributed by atoms with Gasteiger partial charge in [-0.25, -0.2) is 0 Å². The summed E-state index contributed by atoms with van der Waals surface area (Å²) in [5, 5.41) is 7.04. The Balaban J connectivity index is 1.25. The zero-order chi connectivity index (χ0) is 27.1. The van der Waals surface area contributed by atoms with Gasteiger partial charge in [-0.2, -0.15) is 0 Å². The van der Waals surface area contributed by atoms with Gasteiger partial charge < -0.3 is 29.1 Å². The van der Waals surface area contributed by atoms with Gasteiger partial charge in [-0.15, -0.1) is 0 Å². The Morgan fingerprint density at radius 1 is 1.08 bits per heavy atom. The molecule has 2 aliphatic heterocycles. The molecule has 0 radical (unpaired) electrons. The maximum absolute atomic E-state index is 13.2. The molecule has 2 aromatic carbocycles. The average Bonchev–Trinajstić information content (AvgIpc) is 3.51. The number of likely N-dealkylation sites (tertiary alicyclic amines) is 1. The van der Waals surface area contributed by atoms with Crippen molar-refractivity contribution < 1.29 is 28.4 Å². The molecule has 1 N–H and O–H groups in total. The number of fused-ring (bicyclic) bond motifs is 5. The summed E-state index contributed by atoms with van der Waals surface area (Å²) in [4.78, 5) is 42.3. The van der Waals surface area contributed by atoms with E-state index in [4.69, 9.17) is 14.0 Å². The number of ether oxygens (including phenoxy) is 2. The number of hydrogen-bond acceptors (Lipinski definition) is 7. The van der Waals surface area contributed by atoms with Gasteiger partial charge in [-0.3, -0.25) is 14.4 Å². The van der Waals surface area contributed by atoms with Crippen LogP contribution in [0.1, 0.15) is 56.5 Å². The number of aryl methyl sites for hydroxylation is 1. The molecule has 10 heteroatoms. The molecule has 10 nitrogen and oxygen atoms in total. The average molecular weight is 531 g/mol. The minimum Gasteiger partial charge on any atom is -0.457 e. The summed E-state index contributed by atoms with van der Waals surface area (Å²) in [6.07, 6.45) is 1.65. The Kier molecular flexibility index (Phi) is 6.56. The number of rotatable bonds is 2. The smallest absolute Gasteiger partial charge is 0.292 e. The largest absolute Gasteiger partial charge is 0.457 e. The highest BCUT2D eigenvalue weighted by atomic mass is 16.5. The molecule has 3 amide bonds. The van der Waals surface area contributed by atoms with Crippen molar-refractivity contribution in [2.45, 2.75) is 44.4 Å². The summed E-state index contributed by atoms with van der Waals surface area (Å²) < 4.78 is 17.7. The van der Waals surface area contributed by atoms with Crippen molar-refractivity contribution in [3.8, 4) is 11.5 Å². The lowest BCUT2D eigenvalue weighted by molar-refractivity contribution is -0.123. The third-order valence-corrected chi connectivity index (χ3v) is 7.39. The first-order chi connectivity index (χ1) is 18.8. The highest BCUT2D eigenvalue weighted by Gasteiger charge is 2.39. The predicted molar refractivity (Wildman–Crippen MR) is 140 cm³/mol. The molecule has 0 unspecified atom stereocenters. The molecule has 39 heavy (non-hydrogen) atoms. The fourth-order valence-electron chi connectivity index (χ4n) is 5.00. The lowest BCUT2D eigenvalue weighted by atomic mass is 10.1. The van der Waals surface area contributed by atoms with Gasteiger partial charge >= 0.3 is 0 Å². The van der Waals surface area contributed by atoms with E-state index in [-0.39, 0.29) is 49.7 Å². The van der Waals surface area contributed by atoms with E-state index >= 15 is 0 Å². The fraction of sp³-hybridized carbons (Fsp3) is 0.379. The standard InChI is InChI=1S/C29H30N4O6/c1-17-6-7-20-11-24(17)38-21-5-3-4-18(10-21)16-37-26-14-33(13-23(26)30-27(34)15-32(2)28(20)35)29(36)25-12-22(31-39-25)19-8-9-19/h3-7,10-12,19,23,26H,8-9,13-16H2,1-2H3,(H,30,34)/t23-,26-/m0/s1. The second-order valence-electron chi connectivity index (χ2n) is 10.5. The molecule has 6 rings (SSSR count). The Morgan fingerprint density at radius 2 is 1.92 bits per heavy atom. The van der Waals surface area contributed by atoms with Gasteiger partial charge in [-0.1, -0.05) is 23.4 Å². The number of aromatic nitrogens is 1. The predicted octanol–water partition coefficient (Wildman–Crippen LogP) is 3.26. The molecule has 202 valence electrons. The van der Waals surface area contributed by atoms with Crippen molar-refractivity contribution >= 4 is 17.7 Å². The molecule has 3 heterocycles. The van der Waals surface area contributed by atoms with Crippen LogP contribution in [0.15, 0.2) is 53.1 Å². The van der Waals surface area contributed by atoms with Crippen LogP contribution in [0.2, 0.25) is 0 Å². The first-order valence-electron chi connectivity index (χ1n) is 13.1. The number of benzene rings is 2. The minimum atomic E-state index is -0.464. The van der Waals surface area contributed by atoms with Crippen molar-refractivity contribution in [2.75, 3.05) is 26.7 Å². The van der Waals surface area contributed by atoms with E-state index in [1.165, 1.54) is 4.90 Å². The Labute approximate surface area is 225 Å². The summed E-state index contributed by atoms with van der Waals surface area (Å²) in [7, 11) is 1.58. The number of amides is 3. The van der Waals surface area contributed by atoms with Crippen molar-refractivity contribution in [2.24, 2.45) is 0 Å². The van der Waals surface area contributed by atoms with Crippen LogP contribution in [0.3, 0.4) is 0 Å². The topological polar surface area (TPSA) is 114 Å². The van der Waals surface area contributed by atoms with E-state index in [2.05, 4.69) is 10.5 Å². The van der Waals surface area contributed by atoms with Crippen molar-refractivity contribution in [1.29, 1.82) is 0 Å². The van der Waals surface area contributed by atoms with Gasteiger partial charge in [0.25, 0.3) is 11.8 Å². The molecule has 2 fully saturated rings. The first-order valence-corrected chi connectivity index (χ1v) is 13.1. The van der Waals surface area contributed by atoms with Crippen LogP contribution in [-0.4, -0.2) is 71.5 Å². The van der Waals surface area contributed by atoms with Crippen molar-refractivity contribution in [3.63, 3.8) is 0 Å².